The van der Waals surface area contributed by atoms with Crippen LogP contribution in [-0.2, 0) is 64.0 Å². The number of rotatable bonds is 22. The van der Waals surface area contributed by atoms with Gasteiger partial charge in [-0.25, -0.2) is 0 Å². The lowest BCUT2D eigenvalue weighted by atomic mass is 9.65. The largest absolute Gasteiger partial charge is 0.489 e. The van der Waals surface area contributed by atoms with Gasteiger partial charge in [0.1, 0.15) is 12.4 Å². The van der Waals surface area contributed by atoms with Crippen LogP contribution in [0.1, 0.15) is 356 Å². The third kappa shape index (κ3) is 24.2. The van der Waals surface area contributed by atoms with Crippen LogP contribution in [0.15, 0.2) is 133 Å². The summed E-state index contributed by atoms with van der Waals surface area (Å²) in [5.74, 6) is 0.813. The fourth-order valence-corrected chi connectivity index (χ4v) is 13.7. The van der Waals surface area contributed by atoms with Crippen molar-refractivity contribution in [1.29, 1.82) is 0 Å². The summed E-state index contributed by atoms with van der Waals surface area (Å²) in [6, 6.07) is 25.4. The maximum atomic E-state index is 9.37. The van der Waals surface area contributed by atoms with Crippen molar-refractivity contribution in [3.63, 3.8) is 0 Å². The fourth-order valence-electron chi connectivity index (χ4n) is 13.7. The molecule has 2 atom stereocenters. The minimum atomic E-state index is -0.745. The van der Waals surface area contributed by atoms with Crippen molar-refractivity contribution in [2.24, 2.45) is 10.8 Å². The van der Waals surface area contributed by atoms with Gasteiger partial charge < -0.3 is 9.84 Å². The molecule has 0 saturated carbocycles. The van der Waals surface area contributed by atoms with Crippen molar-refractivity contribution >= 4 is 5.97 Å². The van der Waals surface area contributed by atoms with Crippen LogP contribution in [0.2, 0.25) is 0 Å². The highest BCUT2D eigenvalue weighted by Crippen LogP contribution is 2.52. The number of allylic oxidation sites excluding steroid dienone is 9. The summed E-state index contributed by atoms with van der Waals surface area (Å²) in [5.41, 5.74) is 32.8. The Balaban J connectivity index is 0.00000125. The molecule has 0 bridgehead atoms. The van der Waals surface area contributed by atoms with E-state index < -0.39 is 5.97 Å². The number of carboxylic acids is 1. The van der Waals surface area contributed by atoms with Crippen LogP contribution >= 0.6 is 0 Å². The smallest absolute Gasteiger partial charge is 0.303 e. The Bertz CT molecular complexity index is 3700. The van der Waals surface area contributed by atoms with Crippen molar-refractivity contribution in [2.45, 2.75) is 331 Å². The molecule has 3 heteroatoms. The van der Waals surface area contributed by atoms with Gasteiger partial charge in [0.2, 0.25) is 0 Å². The highest BCUT2D eigenvalue weighted by atomic mass is 16.5. The number of fused-ring (bicyclic) bond motifs is 1. The van der Waals surface area contributed by atoms with Gasteiger partial charge in [-0.2, -0.15) is 0 Å². The average molecular weight is 1340 g/mol. The standard InChI is InChI=1S/C83H116O.C6H12.C4H8.C3H6O2/c1-28-30-31-32-33-72-73-48-70(81(21,22)23)44-62(75(72)73)36-59-41-66(77(9,10)11)39-57(54(59)6)35-58-40-67(78(12,13)14)42-60(55(58)7)37-63-45-69(80(18,19)20)46-64(76(63)84-51-52(3)4)38-61-43-68(79(15,16)17)47-65(56(61)8)49-83(27)50-71(82(24,25)26)34-53(5)74(83)29-2;1-3-5-6-4-2;1-3-4-2;1-2-3(4)5/h31-32,39-48,50,72H,3,28-30,33-38,49,51H2,1-2,4-27H3;3,5H,4,6H2,1-2H3;3H,1,4H2,2H3;2H2,1H3,(H,4,5)/b;5-3-;;. The minimum Gasteiger partial charge on any atom is -0.489 e. The number of hydrogen-bond donors (Lipinski definition) is 1. The van der Waals surface area contributed by atoms with E-state index in [4.69, 9.17) is 9.84 Å². The molecular weight excluding hydrogens is 1200 g/mol. The number of unbranched alkanes of at least 4 members (excludes halogenated alkanes) is 2. The normalized spacial score (nSPS) is 15.7. The van der Waals surface area contributed by atoms with Gasteiger partial charge in [0.05, 0.1) is 0 Å². The lowest BCUT2D eigenvalue weighted by Gasteiger charge is -2.40. The number of carboxylic acid groups (broad SMARTS) is 1. The first-order chi connectivity index (χ1) is 45.7. The van der Waals surface area contributed by atoms with Crippen LogP contribution in [0.3, 0.4) is 0 Å². The summed E-state index contributed by atoms with van der Waals surface area (Å²) >= 11 is 0. The van der Waals surface area contributed by atoms with Crippen LogP contribution in [0.5, 0.6) is 5.75 Å². The maximum Gasteiger partial charge on any atom is 0.303 e. The van der Waals surface area contributed by atoms with Gasteiger partial charge >= 0.3 is 5.97 Å². The van der Waals surface area contributed by atoms with E-state index in [1.165, 1.54) is 114 Å². The summed E-state index contributed by atoms with van der Waals surface area (Å²) in [7, 11) is 0. The Morgan fingerprint density at radius 2 is 0.899 bits per heavy atom. The zero-order chi connectivity index (χ0) is 75.1. The van der Waals surface area contributed by atoms with Gasteiger partial charge in [0.25, 0.3) is 0 Å². The van der Waals surface area contributed by atoms with E-state index in [1.54, 1.807) is 34.8 Å². The van der Waals surface area contributed by atoms with Gasteiger partial charge in [-0.1, -0.05) is 299 Å². The Labute approximate surface area is 609 Å². The van der Waals surface area contributed by atoms with Gasteiger partial charge in [0, 0.05) is 30.6 Å². The van der Waals surface area contributed by atoms with Crippen molar-refractivity contribution in [3.05, 3.63) is 238 Å². The van der Waals surface area contributed by atoms with E-state index in [2.05, 4.69) is 305 Å². The van der Waals surface area contributed by atoms with Crippen LogP contribution in [0.4, 0.5) is 0 Å². The minimum absolute atomic E-state index is 0.00105. The van der Waals surface area contributed by atoms with E-state index in [1.807, 2.05) is 6.08 Å². The topological polar surface area (TPSA) is 46.5 Å². The predicted octanol–water partition coefficient (Wildman–Crippen LogP) is 27.7. The molecule has 99 heavy (non-hydrogen) atoms. The molecule has 3 nitrogen and oxygen atoms in total. The molecular formula is C96H142O3. The average Bonchev–Trinajstić information content (AvgIpc) is 1.64. The van der Waals surface area contributed by atoms with E-state index in [0.717, 1.165) is 75.5 Å². The van der Waals surface area contributed by atoms with Crippen molar-refractivity contribution < 1.29 is 14.6 Å². The lowest BCUT2D eigenvalue weighted by Crippen LogP contribution is -2.28. The van der Waals surface area contributed by atoms with Gasteiger partial charge in [0.15, 0.2) is 0 Å². The molecule has 2 aliphatic carbocycles. The molecule has 0 heterocycles. The third-order valence-electron chi connectivity index (χ3n) is 20.7. The summed E-state index contributed by atoms with van der Waals surface area (Å²) in [4.78, 5) is 9.37. The molecule has 2 aliphatic rings. The first kappa shape index (κ1) is 85.2. The van der Waals surface area contributed by atoms with Crippen molar-refractivity contribution in [1.82, 2.24) is 0 Å². The molecule has 0 aromatic heterocycles. The second-order valence-corrected chi connectivity index (χ2v) is 35.9. The molecule has 2 unspecified atom stereocenters. The summed E-state index contributed by atoms with van der Waals surface area (Å²) < 4.78 is 7.17. The number of aliphatic carboxylic acids is 1. The number of ether oxygens (including phenoxy) is 1. The molecule has 0 amide bonds. The van der Waals surface area contributed by atoms with Crippen molar-refractivity contribution in [3.8, 4) is 5.75 Å². The van der Waals surface area contributed by atoms with E-state index in [0.29, 0.717) is 12.5 Å². The highest BCUT2D eigenvalue weighted by molar-refractivity contribution is 5.66. The number of hydrogen-bond acceptors (Lipinski definition) is 2. The molecule has 0 radical (unpaired) electrons. The Morgan fingerprint density at radius 1 is 0.545 bits per heavy atom. The molecule has 1 N–H and O–H groups in total. The third-order valence-corrected chi connectivity index (χ3v) is 20.7. The second kappa shape index (κ2) is 35.6. The monoisotopic (exact) mass is 1340 g/mol. The quantitative estimate of drug-likeness (QED) is 0.0703. The molecule has 5 aromatic carbocycles. The lowest BCUT2D eigenvalue weighted by molar-refractivity contribution is -0.136. The highest BCUT2D eigenvalue weighted by Gasteiger charge is 2.38. The number of carbonyl (C=O) groups is 1. The molecule has 0 aliphatic heterocycles. The molecule has 0 spiro atoms. The van der Waals surface area contributed by atoms with Crippen LogP contribution < -0.4 is 4.74 Å². The molecule has 5 aromatic rings. The maximum absolute atomic E-state index is 9.37. The Hall–Kier alpha value is -6.19. The summed E-state index contributed by atoms with van der Waals surface area (Å²) in [5, 5.41) is 7.72. The van der Waals surface area contributed by atoms with Crippen LogP contribution in [0, 0.1) is 31.6 Å². The molecule has 544 valence electrons. The van der Waals surface area contributed by atoms with Crippen LogP contribution in [0.25, 0.3) is 0 Å². The summed E-state index contributed by atoms with van der Waals surface area (Å²) in [6.07, 6.45) is 27.5. The second-order valence-electron chi connectivity index (χ2n) is 35.9. The van der Waals surface area contributed by atoms with Crippen molar-refractivity contribution in [2.75, 3.05) is 6.61 Å². The zero-order valence-corrected chi connectivity index (χ0v) is 69.1. The summed E-state index contributed by atoms with van der Waals surface area (Å²) in [6.45, 7) is 78.0. The Kier molecular flexibility index (Phi) is 30.7. The SMILES string of the molecule is C/C=C\CCC.C=C(C)COc1c(Cc2cc(C(C)(C)C)cc(Cc3cc(C(C)(C)C)cc(Cc4cc(C(C)(C)C)cc5c4C5CC=CCCC)c3C)c2C)cc(C(C)(C)C)cc1Cc1cc(C(C)(C)C)cc(CC2(C)C=C(C(C)(C)C)CC(C)=C2CC)c1C.C=CCC.CCC(=O)O. The first-order valence-electron chi connectivity index (χ1n) is 38.2. The van der Waals surface area contributed by atoms with Gasteiger partial charge in [-0.3, -0.25) is 4.79 Å². The first-order valence-corrected chi connectivity index (χ1v) is 38.2. The molecule has 0 saturated heterocycles. The zero-order valence-electron chi connectivity index (χ0n) is 69.1. The van der Waals surface area contributed by atoms with Gasteiger partial charge in [-0.15, -0.1) is 6.58 Å². The predicted molar refractivity (Wildman–Crippen MR) is 437 cm³/mol. The van der Waals surface area contributed by atoms with E-state index in [-0.39, 0.29) is 44.3 Å². The molecule has 7 rings (SSSR count). The van der Waals surface area contributed by atoms with E-state index in [9.17, 15) is 4.79 Å². The number of benzene rings is 5. The van der Waals surface area contributed by atoms with Gasteiger partial charge in [-0.05, 0) is 243 Å². The van der Waals surface area contributed by atoms with Crippen LogP contribution in [-0.4, -0.2) is 17.7 Å². The molecule has 0 fully saturated rings. The Morgan fingerprint density at radius 3 is 1.24 bits per heavy atom. The fraction of sp³-hybridized carbons (Fsp3) is 0.552. The van der Waals surface area contributed by atoms with E-state index >= 15 is 0 Å².